The number of hydrogen-bond donors (Lipinski definition) is 2. The molecule has 3 rings (SSSR count). The molecular weight excluding hydrogens is 228 g/mol. The van der Waals surface area contributed by atoms with E-state index in [2.05, 4.69) is 20.6 Å². The lowest BCUT2D eigenvalue weighted by atomic mass is 9.81. The zero-order chi connectivity index (χ0) is 12.2. The zero-order valence-electron chi connectivity index (χ0n) is 10.6. The van der Waals surface area contributed by atoms with E-state index in [-0.39, 0.29) is 6.10 Å². The number of nitrogens with zero attached hydrogens (tertiary/aromatic N) is 2. The Morgan fingerprint density at radius 1 is 1.33 bits per heavy atom. The van der Waals surface area contributed by atoms with E-state index in [1.54, 1.807) is 0 Å². The lowest BCUT2D eigenvalue weighted by Gasteiger charge is -2.25. The second-order valence-electron chi connectivity index (χ2n) is 5.05. The number of anilines is 1. The molecular formula is C13H20N4O. The standard InChI is InChI=1S/C13H20N4O/c1-2-10(3-1)11-6-15-13(16-7-11)17-9-12-8-14-4-5-18-12/h6-7,10,12,14H,1-5,8-9H2,(H,15,16,17). The van der Waals surface area contributed by atoms with Crippen LogP contribution in [0.5, 0.6) is 0 Å². The van der Waals surface area contributed by atoms with Crippen LogP contribution < -0.4 is 10.6 Å². The van der Waals surface area contributed by atoms with Crippen LogP contribution in [0.4, 0.5) is 5.95 Å². The van der Waals surface area contributed by atoms with Gasteiger partial charge in [0.25, 0.3) is 0 Å². The van der Waals surface area contributed by atoms with Gasteiger partial charge in [-0.1, -0.05) is 6.42 Å². The molecule has 0 spiro atoms. The van der Waals surface area contributed by atoms with Gasteiger partial charge in [0, 0.05) is 32.0 Å². The van der Waals surface area contributed by atoms with Gasteiger partial charge in [0.1, 0.15) is 0 Å². The molecule has 5 nitrogen and oxygen atoms in total. The Labute approximate surface area is 107 Å². The Balaban J connectivity index is 1.49. The molecule has 1 aliphatic carbocycles. The molecule has 0 aromatic carbocycles. The molecule has 1 atom stereocenters. The van der Waals surface area contributed by atoms with Crippen LogP contribution in [0.25, 0.3) is 0 Å². The third-order valence-electron chi connectivity index (χ3n) is 3.74. The first kappa shape index (κ1) is 11.9. The van der Waals surface area contributed by atoms with E-state index in [4.69, 9.17) is 4.74 Å². The Hall–Kier alpha value is -1.20. The molecule has 2 aliphatic rings. The van der Waals surface area contributed by atoms with Crippen LogP contribution in [0.1, 0.15) is 30.7 Å². The highest BCUT2D eigenvalue weighted by Crippen LogP contribution is 2.35. The molecule has 2 N–H and O–H groups in total. The van der Waals surface area contributed by atoms with E-state index in [0.29, 0.717) is 11.9 Å². The molecule has 2 heterocycles. The second-order valence-corrected chi connectivity index (χ2v) is 5.05. The summed E-state index contributed by atoms with van der Waals surface area (Å²) in [5.41, 5.74) is 1.28. The third-order valence-corrected chi connectivity index (χ3v) is 3.74. The summed E-state index contributed by atoms with van der Waals surface area (Å²) in [4.78, 5) is 8.74. The number of hydrogen-bond acceptors (Lipinski definition) is 5. The molecule has 1 aliphatic heterocycles. The van der Waals surface area contributed by atoms with Gasteiger partial charge in [-0.3, -0.25) is 0 Å². The Bertz CT molecular complexity index is 371. The maximum Gasteiger partial charge on any atom is 0.222 e. The summed E-state index contributed by atoms with van der Waals surface area (Å²) in [6, 6.07) is 0. The maximum absolute atomic E-state index is 5.61. The Morgan fingerprint density at radius 2 is 2.17 bits per heavy atom. The molecule has 2 fully saturated rings. The van der Waals surface area contributed by atoms with E-state index < -0.39 is 0 Å². The van der Waals surface area contributed by atoms with Crippen LogP contribution in [0.3, 0.4) is 0 Å². The summed E-state index contributed by atoms with van der Waals surface area (Å²) in [6.07, 6.45) is 8.05. The second kappa shape index (κ2) is 5.63. The van der Waals surface area contributed by atoms with Crippen LogP contribution in [0.15, 0.2) is 12.4 Å². The average Bonchev–Trinajstić information content (AvgIpc) is 2.37. The summed E-state index contributed by atoms with van der Waals surface area (Å²) >= 11 is 0. The molecule has 18 heavy (non-hydrogen) atoms. The molecule has 0 bridgehead atoms. The fourth-order valence-corrected chi connectivity index (χ4v) is 2.34. The van der Waals surface area contributed by atoms with Gasteiger partial charge in [0.2, 0.25) is 5.95 Å². The molecule has 1 saturated carbocycles. The number of aromatic nitrogens is 2. The highest BCUT2D eigenvalue weighted by molar-refractivity contribution is 5.26. The van der Waals surface area contributed by atoms with Crippen LogP contribution >= 0.6 is 0 Å². The summed E-state index contributed by atoms with van der Waals surface area (Å²) < 4.78 is 5.61. The van der Waals surface area contributed by atoms with Crippen molar-refractivity contribution < 1.29 is 4.74 Å². The summed E-state index contributed by atoms with van der Waals surface area (Å²) in [5, 5.41) is 6.53. The average molecular weight is 248 g/mol. The van der Waals surface area contributed by atoms with Gasteiger partial charge in [-0.05, 0) is 24.3 Å². The lowest BCUT2D eigenvalue weighted by molar-refractivity contribution is 0.0371. The molecule has 0 radical (unpaired) electrons. The lowest BCUT2D eigenvalue weighted by Crippen LogP contribution is -2.42. The van der Waals surface area contributed by atoms with E-state index in [1.807, 2.05) is 12.4 Å². The number of ether oxygens (including phenoxy) is 1. The summed E-state index contributed by atoms with van der Waals surface area (Å²) in [6.45, 7) is 3.39. The van der Waals surface area contributed by atoms with Crippen molar-refractivity contribution in [1.29, 1.82) is 0 Å². The monoisotopic (exact) mass is 248 g/mol. The minimum Gasteiger partial charge on any atom is -0.374 e. The van der Waals surface area contributed by atoms with Crippen molar-refractivity contribution in [3.8, 4) is 0 Å². The highest BCUT2D eigenvalue weighted by atomic mass is 16.5. The van der Waals surface area contributed by atoms with Gasteiger partial charge in [-0.2, -0.15) is 0 Å². The first-order valence-electron chi connectivity index (χ1n) is 6.80. The number of rotatable bonds is 4. The molecule has 1 aromatic rings. The molecule has 1 aromatic heterocycles. The van der Waals surface area contributed by atoms with Gasteiger partial charge in [-0.25, -0.2) is 9.97 Å². The fraction of sp³-hybridized carbons (Fsp3) is 0.692. The molecule has 98 valence electrons. The molecule has 5 heteroatoms. The molecule has 1 unspecified atom stereocenters. The van der Waals surface area contributed by atoms with Crippen molar-refractivity contribution >= 4 is 5.95 Å². The van der Waals surface area contributed by atoms with Gasteiger partial charge in [0.15, 0.2) is 0 Å². The predicted octanol–water partition coefficient (Wildman–Crippen LogP) is 1.14. The Kier molecular flexibility index (Phi) is 3.71. The van der Waals surface area contributed by atoms with Crippen molar-refractivity contribution in [1.82, 2.24) is 15.3 Å². The zero-order valence-corrected chi connectivity index (χ0v) is 10.6. The largest absolute Gasteiger partial charge is 0.374 e. The Morgan fingerprint density at radius 3 is 2.78 bits per heavy atom. The fourth-order valence-electron chi connectivity index (χ4n) is 2.34. The van der Waals surface area contributed by atoms with Gasteiger partial charge in [-0.15, -0.1) is 0 Å². The van der Waals surface area contributed by atoms with Gasteiger partial charge >= 0.3 is 0 Å². The van der Waals surface area contributed by atoms with E-state index in [0.717, 1.165) is 26.2 Å². The normalized spacial score (nSPS) is 24.6. The number of nitrogens with one attached hydrogen (secondary N) is 2. The first-order chi connectivity index (χ1) is 8.92. The van der Waals surface area contributed by atoms with Crippen LogP contribution in [0.2, 0.25) is 0 Å². The summed E-state index contributed by atoms with van der Waals surface area (Å²) in [7, 11) is 0. The third kappa shape index (κ3) is 2.79. The summed E-state index contributed by atoms with van der Waals surface area (Å²) in [5.74, 6) is 1.40. The van der Waals surface area contributed by atoms with Crippen LogP contribution in [0, 0.1) is 0 Å². The SMILES string of the molecule is c1nc(NCC2CNCCO2)ncc1C1CCC1. The predicted molar refractivity (Wildman–Crippen MR) is 69.7 cm³/mol. The van der Waals surface area contributed by atoms with E-state index in [9.17, 15) is 0 Å². The molecule has 1 saturated heterocycles. The van der Waals surface area contributed by atoms with Crippen LogP contribution in [-0.2, 0) is 4.74 Å². The minimum atomic E-state index is 0.216. The maximum atomic E-state index is 5.61. The van der Waals surface area contributed by atoms with E-state index in [1.165, 1.54) is 24.8 Å². The minimum absolute atomic E-state index is 0.216. The van der Waals surface area contributed by atoms with E-state index >= 15 is 0 Å². The topological polar surface area (TPSA) is 59.1 Å². The van der Waals surface area contributed by atoms with Crippen molar-refractivity contribution in [2.75, 3.05) is 31.6 Å². The van der Waals surface area contributed by atoms with Crippen molar-refractivity contribution in [3.63, 3.8) is 0 Å². The van der Waals surface area contributed by atoms with Crippen molar-refractivity contribution in [2.24, 2.45) is 0 Å². The highest BCUT2D eigenvalue weighted by Gasteiger charge is 2.20. The number of morpholine rings is 1. The first-order valence-corrected chi connectivity index (χ1v) is 6.80. The smallest absolute Gasteiger partial charge is 0.222 e. The van der Waals surface area contributed by atoms with Crippen LogP contribution in [-0.4, -0.2) is 42.3 Å². The van der Waals surface area contributed by atoms with Gasteiger partial charge < -0.3 is 15.4 Å². The van der Waals surface area contributed by atoms with Gasteiger partial charge in [0.05, 0.1) is 12.7 Å². The molecule has 0 amide bonds. The van der Waals surface area contributed by atoms with Crippen molar-refractivity contribution in [2.45, 2.75) is 31.3 Å². The van der Waals surface area contributed by atoms with Crippen molar-refractivity contribution in [3.05, 3.63) is 18.0 Å². The quantitative estimate of drug-likeness (QED) is 0.837.